The molecular formula is C14H16N4O2. The van der Waals surface area contributed by atoms with Crippen LogP contribution in [0.4, 0.5) is 5.69 Å². The minimum Gasteiger partial charge on any atom is -0.383 e. The fourth-order valence-electron chi connectivity index (χ4n) is 1.72. The van der Waals surface area contributed by atoms with E-state index in [2.05, 4.69) is 20.6 Å². The number of carbonyl (C=O) groups is 1. The zero-order chi connectivity index (χ0) is 14.4. The van der Waals surface area contributed by atoms with Gasteiger partial charge in [-0.1, -0.05) is 6.07 Å². The maximum Gasteiger partial charge on any atom is 0.267 e. The largest absolute Gasteiger partial charge is 0.383 e. The molecule has 0 aliphatic rings. The lowest BCUT2D eigenvalue weighted by Gasteiger charge is -2.09. The standard InChI is InChI=1S/C14H16N4O2/c1-10-9-15-6-5-11(10)16-7-8-17-14(20)12-3-2-4-13(19)18-12/h2-6,9H,7-8H2,1H3,(H,15,16)(H,17,20)(H,18,19). The minimum absolute atomic E-state index is 0.262. The molecule has 2 aromatic heterocycles. The molecule has 2 heterocycles. The van der Waals surface area contributed by atoms with Crippen LogP contribution >= 0.6 is 0 Å². The maximum absolute atomic E-state index is 11.8. The van der Waals surface area contributed by atoms with Crippen LogP contribution in [-0.2, 0) is 0 Å². The SMILES string of the molecule is Cc1cnccc1NCCNC(=O)c1cccc(=O)[nH]1. The van der Waals surface area contributed by atoms with Gasteiger partial charge in [-0.15, -0.1) is 0 Å². The number of anilines is 1. The van der Waals surface area contributed by atoms with Gasteiger partial charge in [0, 0.05) is 37.2 Å². The second-order valence-electron chi connectivity index (χ2n) is 4.30. The Bertz CT molecular complexity index is 651. The molecule has 0 bridgehead atoms. The lowest BCUT2D eigenvalue weighted by Crippen LogP contribution is -2.30. The van der Waals surface area contributed by atoms with E-state index in [4.69, 9.17) is 0 Å². The summed E-state index contributed by atoms with van der Waals surface area (Å²) >= 11 is 0. The first kappa shape index (κ1) is 13.8. The third-order valence-corrected chi connectivity index (χ3v) is 2.76. The van der Waals surface area contributed by atoms with Gasteiger partial charge in [0.2, 0.25) is 5.56 Å². The van der Waals surface area contributed by atoms with Crippen LogP contribution in [0.15, 0.2) is 41.5 Å². The Morgan fingerprint density at radius 2 is 2.15 bits per heavy atom. The van der Waals surface area contributed by atoms with Crippen molar-refractivity contribution in [2.75, 3.05) is 18.4 Å². The molecule has 0 saturated heterocycles. The van der Waals surface area contributed by atoms with Crippen molar-refractivity contribution in [3.8, 4) is 0 Å². The lowest BCUT2D eigenvalue weighted by atomic mass is 10.2. The average molecular weight is 272 g/mol. The predicted molar refractivity (Wildman–Crippen MR) is 76.9 cm³/mol. The molecule has 6 heteroatoms. The summed E-state index contributed by atoms with van der Waals surface area (Å²) in [5, 5.41) is 5.93. The summed E-state index contributed by atoms with van der Waals surface area (Å²) in [6.07, 6.45) is 3.48. The molecule has 0 aliphatic heterocycles. The number of aromatic amines is 1. The molecule has 0 radical (unpaired) electrons. The van der Waals surface area contributed by atoms with E-state index in [0.717, 1.165) is 11.3 Å². The number of aromatic nitrogens is 2. The van der Waals surface area contributed by atoms with Gasteiger partial charge in [-0.3, -0.25) is 14.6 Å². The van der Waals surface area contributed by atoms with E-state index >= 15 is 0 Å². The lowest BCUT2D eigenvalue weighted by molar-refractivity contribution is 0.0950. The minimum atomic E-state index is -0.295. The van der Waals surface area contributed by atoms with Crippen molar-refractivity contribution < 1.29 is 4.79 Å². The molecule has 0 spiro atoms. The molecule has 6 nitrogen and oxygen atoms in total. The summed E-state index contributed by atoms with van der Waals surface area (Å²) in [6, 6.07) is 6.36. The van der Waals surface area contributed by atoms with E-state index in [-0.39, 0.29) is 17.2 Å². The number of rotatable bonds is 5. The van der Waals surface area contributed by atoms with Crippen LogP contribution in [0.3, 0.4) is 0 Å². The van der Waals surface area contributed by atoms with Gasteiger partial charge in [-0.2, -0.15) is 0 Å². The first-order chi connectivity index (χ1) is 9.66. The summed E-state index contributed by atoms with van der Waals surface area (Å²) < 4.78 is 0. The van der Waals surface area contributed by atoms with Gasteiger partial charge in [0.15, 0.2) is 0 Å². The zero-order valence-corrected chi connectivity index (χ0v) is 11.1. The molecular weight excluding hydrogens is 256 g/mol. The monoisotopic (exact) mass is 272 g/mol. The number of pyridine rings is 2. The van der Waals surface area contributed by atoms with Crippen molar-refractivity contribution in [3.05, 3.63) is 58.3 Å². The van der Waals surface area contributed by atoms with E-state index in [1.54, 1.807) is 24.5 Å². The number of nitrogens with one attached hydrogen (secondary N) is 3. The number of H-pyrrole nitrogens is 1. The van der Waals surface area contributed by atoms with Crippen LogP contribution in [0.25, 0.3) is 0 Å². The van der Waals surface area contributed by atoms with Crippen LogP contribution < -0.4 is 16.2 Å². The molecule has 0 unspecified atom stereocenters. The third kappa shape index (κ3) is 3.68. The van der Waals surface area contributed by atoms with E-state index in [1.807, 2.05) is 13.0 Å². The number of carbonyl (C=O) groups excluding carboxylic acids is 1. The number of amides is 1. The van der Waals surface area contributed by atoms with Crippen molar-refractivity contribution in [1.82, 2.24) is 15.3 Å². The van der Waals surface area contributed by atoms with Gasteiger partial charge in [0.05, 0.1) is 0 Å². The Labute approximate surface area is 116 Å². The van der Waals surface area contributed by atoms with Crippen molar-refractivity contribution in [2.24, 2.45) is 0 Å². The maximum atomic E-state index is 11.8. The van der Waals surface area contributed by atoms with Gasteiger partial charge < -0.3 is 15.6 Å². The predicted octanol–water partition coefficient (Wildman–Crippen LogP) is 0.920. The van der Waals surface area contributed by atoms with Crippen molar-refractivity contribution in [3.63, 3.8) is 0 Å². The normalized spacial score (nSPS) is 10.1. The second-order valence-corrected chi connectivity index (χ2v) is 4.30. The van der Waals surface area contributed by atoms with Crippen molar-refractivity contribution in [1.29, 1.82) is 0 Å². The first-order valence-corrected chi connectivity index (χ1v) is 6.29. The quantitative estimate of drug-likeness (QED) is 0.706. The van der Waals surface area contributed by atoms with E-state index in [9.17, 15) is 9.59 Å². The van der Waals surface area contributed by atoms with Crippen molar-refractivity contribution >= 4 is 11.6 Å². The summed E-state index contributed by atoms with van der Waals surface area (Å²) in [4.78, 5) is 29.3. The molecule has 3 N–H and O–H groups in total. The van der Waals surface area contributed by atoms with Crippen LogP contribution in [0.2, 0.25) is 0 Å². The van der Waals surface area contributed by atoms with E-state index < -0.39 is 0 Å². The third-order valence-electron chi connectivity index (χ3n) is 2.76. The van der Waals surface area contributed by atoms with Crippen LogP contribution in [0.5, 0.6) is 0 Å². The van der Waals surface area contributed by atoms with Gasteiger partial charge in [0.1, 0.15) is 5.69 Å². The first-order valence-electron chi connectivity index (χ1n) is 6.29. The summed E-state index contributed by atoms with van der Waals surface area (Å²) in [7, 11) is 0. The molecule has 20 heavy (non-hydrogen) atoms. The molecule has 2 rings (SSSR count). The number of aryl methyl sites for hydroxylation is 1. The molecule has 2 aromatic rings. The highest BCUT2D eigenvalue weighted by molar-refractivity contribution is 5.92. The zero-order valence-electron chi connectivity index (χ0n) is 11.1. The summed E-state index contributed by atoms with van der Waals surface area (Å²) in [5.74, 6) is -0.295. The Morgan fingerprint density at radius 3 is 2.90 bits per heavy atom. The number of hydrogen-bond donors (Lipinski definition) is 3. The van der Waals surface area contributed by atoms with Crippen molar-refractivity contribution in [2.45, 2.75) is 6.92 Å². The molecule has 104 valence electrons. The summed E-state index contributed by atoms with van der Waals surface area (Å²) in [5.41, 5.74) is 2.01. The summed E-state index contributed by atoms with van der Waals surface area (Å²) in [6.45, 7) is 3.01. The number of nitrogens with zero attached hydrogens (tertiary/aromatic N) is 1. The average Bonchev–Trinajstić information content (AvgIpc) is 2.45. The smallest absolute Gasteiger partial charge is 0.267 e. The molecule has 0 fully saturated rings. The van der Waals surface area contributed by atoms with Gasteiger partial charge in [-0.25, -0.2) is 0 Å². The number of hydrogen-bond acceptors (Lipinski definition) is 4. The van der Waals surface area contributed by atoms with E-state index in [1.165, 1.54) is 6.07 Å². The Hall–Kier alpha value is -2.63. The van der Waals surface area contributed by atoms with Crippen LogP contribution in [-0.4, -0.2) is 29.0 Å². The molecule has 0 aliphatic carbocycles. The second kappa shape index (κ2) is 6.51. The molecule has 0 aromatic carbocycles. The fraction of sp³-hybridized carbons (Fsp3) is 0.214. The molecule has 1 amide bonds. The van der Waals surface area contributed by atoms with Gasteiger partial charge in [-0.05, 0) is 24.6 Å². The molecule has 0 saturated carbocycles. The topological polar surface area (TPSA) is 86.9 Å². The molecule has 0 atom stereocenters. The van der Waals surface area contributed by atoms with Crippen LogP contribution in [0, 0.1) is 6.92 Å². The Kier molecular flexibility index (Phi) is 4.49. The van der Waals surface area contributed by atoms with Gasteiger partial charge >= 0.3 is 0 Å². The van der Waals surface area contributed by atoms with E-state index in [0.29, 0.717) is 13.1 Å². The highest BCUT2D eigenvalue weighted by atomic mass is 16.2. The highest BCUT2D eigenvalue weighted by Crippen LogP contribution is 2.10. The van der Waals surface area contributed by atoms with Gasteiger partial charge in [0.25, 0.3) is 5.91 Å². The Morgan fingerprint density at radius 1 is 1.30 bits per heavy atom. The fourth-order valence-corrected chi connectivity index (χ4v) is 1.72. The Balaban J connectivity index is 1.80. The van der Waals surface area contributed by atoms with Crippen LogP contribution in [0.1, 0.15) is 16.1 Å². The highest BCUT2D eigenvalue weighted by Gasteiger charge is 2.04.